The van der Waals surface area contributed by atoms with E-state index < -0.39 is 0 Å². The van der Waals surface area contributed by atoms with Crippen LogP contribution in [0, 0.1) is 13.3 Å². The first-order valence-corrected chi connectivity index (χ1v) is 8.19. The van der Waals surface area contributed by atoms with E-state index in [0.717, 1.165) is 34.4 Å². The fourth-order valence-corrected chi connectivity index (χ4v) is 3.24. The Morgan fingerprint density at radius 3 is 2.04 bits per heavy atom. The molecule has 0 amide bonds. The summed E-state index contributed by atoms with van der Waals surface area (Å²) in [6, 6.07) is 16.2. The zero-order chi connectivity index (χ0) is 16.4. The molecular weight excluding hydrogens is 327 g/mol. The minimum absolute atomic E-state index is 0.596. The molecule has 0 atom stereocenters. The molecule has 0 fully saturated rings. The van der Waals surface area contributed by atoms with Crippen LogP contribution in [0.5, 0.6) is 5.75 Å². The number of benzene rings is 2. The number of methoxy groups -OCH3 is 1. The lowest BCUT2D eigenvalue weighted by molar-refractivity contribution is 0.415. The van der Waals surface area contributed by atoms with E-state index in [1.54, 1.807) is 7.11 Å². The summed E-state index contributed by atoms with van der Waals surface area (Å²) < 4.78 is 5.19. The van der Waals surface area contributed by atoms with Crippen molar-refractivity contribution in [1.82, 2.24) is 0 Å². The highest BCUT2D eigenvalue weighted by atomic mass is 35.5. The van der Waals surface area contributed by atoms with Crippen molar-refractivity contribution < 1.29 is 4.74 Å². The molecule has 0 N–H and O–H groups in total. The SMILES string of the molecule is COc1ccc(C2=C(Cl)C(Cl)=C(c3ccc(C)cc3)C[CH]2)cc1. The minimum atomic E-state index is 0.596. The van der Waals surface area contributed by atoms with Gasteiger partial charge in [0.2, 0.25) is 0 Å². The molecule has 0 heterocycles. The Bertz CT molecular complexity index is 768. The van der Waals surface area contributed by atoms with E-state index in [9.17, 15) is 0 Å². The minimum Gasteiger partial charge on any atom is -0.497 e. The Balaban J connectivity index is 1.99. The number of allylic oxidation sites excluding steroid dienone is 4. The van der Waals surface area contributed by atoms with Gasteiger partial charge in [-0.15, -0.1) is 0 Å². The second kappa shape index (κ2) is 6.82. The lowest BCUT2D eigenvalue weighted by Crippen LogP contribution is -2.01. The van der Waals surface area contributed by atoms with Crippen molar-refractivity contribution in [3.63, 3.8) is 0 Å². The maximum Gasteiger partial charge on any atom is 0.118 e. The summed E-state index contributed by atoms with van der Waals surface area (Å²) in [6.45, 7) is 2.07. The zero-order valence-electron chi connectivity index (χ0n) is 13.1. The molecule has 2 aromatic rings. The van der Waals surface area contributed by atoms with Gasteiger partial charge in [-0.1, -0.05) is 65.2 Å². The normalized spacial score (nSPS) is 15.1. The van der Waals surface area contributed by atoms with Gasteiger partial charge in [0, 0.05) is 0 Å². The third-order valence-electron chi connectivity index (χ3n) is 4.01. The summed E-state index contributed by atoms with van der Waals surface area (Å²) in [7, 11) is 1.65. The highest BCUT2D eigenvalue weighted by Crippen LogP contribution is 2.43. The zero-order valence-corrected chi connectivity index (χ0v) is 14.6. The summed E-state index contributed by atoms with van der Waals surface area (Å²) in [5, 5.41) is 1.22. The molecule has 3 heteroatoms. The number of hydrogen-bond donors (Lipinski definition) is 0. The van der Waals surface area contributed by atoms with Crippen molar-refractivity contribution in [1.29, 1.82) is 0 Å². The van der Waals surface area contributed by atoms with Gasteiger partial charge in [-0.3, -0.25) is 0 Å². The highest BCUT2D eigenvalue weighted by molar-refractivity contribution is 6.48. The number of rotatable bonds is 3. The van der Waals surface area contributed by atoms with Crippen LogP contribution in [0.4, 0.5) is 0 Å². The second-order valence-electron chi connectivity index (χ2n) is 5.52. The molecule has 3 rings (SSSR count). The van der Waals surface area contributed by atoms with Crippen molar-refractivity contribution >= 4 is 34.3 Å². The number of hydrogen-bond acceptors (Lipinski definition) is 1. The standard InChI is InChI=1S/C20H17Cl2O/c1-13-3-5-14(6-4-13)17-11-12-18(20(22)19(17)21)15-7-9-16(23-2)10-8-15/h3-10,12H,11H2,1-2H3. The second-order valence-corrected chi connectivity index (χ2v) is 6.28. The van der Waals surface area contributed by atoms with Crippen molar-refractivity contribution in [3.05, 3.63) is 81.7 Å². The van der Waals surface area contributed by atoms with Crippen molar-refractivity contribution in [2.24, 2.45) is 0 Å². The van der Waals surface area contributed by atoms with E-state index in [1.807, 2.05) is 24.3 Å². The van der Waals surface area contributed by atoms with Gasteiger partial charge >= 0.3 is 0 Å². The number of halogens is 2. The highest BCUT2D eigenvalue weighted by Gasteiger charge is 2.21. The summed E-state index contributed by atoms with van der Waals surface area (Å²) >= 11 is 13.1. The van der Waals surface area contributed by atoms with Gasteiger partial charge < -0.3 is 4.74 Å². The van der Waals surface area contributed by atoms with Crippen LogP contribution in [0.15, 0.2) is 58.6 Å². The van der Waals surface area contributed by atoms with Gasteiger partial charge in [0.15, 0.2) is 0 Å². The predicted octanol–water partition coefficient (Wildman–Crippen LogP) is 6.21. The Labute approximate surface area is 147 Å². The summed E-state index contributed by atoms with van der Waals surface area (Å²) in [4.78, 5) is 0. The molecular formula is C20H17Cl2O. The van der Waals surface area contributed by atoms with Crippen LogP contribution in [-0.2, 0) is 0 Å². The fraction of sp³-hybridized carbons (Fsp3) is 0.150. The van der Waals surface area contributed by atoms with Crippen LogP contribution in [0.2, 0.25) is 0 Å². The first-order chi connectivity index (χ1) is 11.1. The molecule has 0 saturated heterocycles. The van der Waals surface area contributed by atoms with E-state index in [4.69, 9.17) is 27.9 Å². The van der Waals surface area contributed by atoms with Gasteiger partial charge in [-0.05, 0) is 54.2 Å². The third-order valence-corrected chi connectivity index (χ3v) is 4.91. The van der Waals surface area contributed by atoms with E-state index >= 15 is 0 Å². The Morgan fingerprint density at radius 2 is 1.43 bits per heavy atom. The first-order valence-electron chi connectivity index (χ1n) is 7.43. The third kappa shape index (κ3) is 3.31. The molecule has 1 aliphatic rings. The molecule has 1 nitrogen and oxygen atoms in total. The lowest BCUT2D eigenvalue weighted by atomic mass is 9.89. The maximum atomic E-state index is 6.56. The summed E-state index contributed by atoms with van der Waals surface area (Å²) in [6.07, 6.45) is 2.89. The monoisotopic (exact) mass is 343 g/mol. The molecule has 117 valence electrons. The van der Waals surface area contributed by atoms with Gasteiger partial charge in [0.1, 0.15) is 5.75 Å². The van der Waals surface area contributed by atoms with Crippen molar-refractivity contribution in [2.75, 3.05) is 7.11 Å². The molecule has 1 radical (unpaired) electrons. The maximum absolute atomic E-state index is 6.56. The largest absolute Gasteiger partial charge is 0.497 e. The molecule has 2 aromatic carbocycles. The van der Waals surface area contributed by atoms with Crippen molar-refractivity contribution in [3.8, 4) is 5.75 Å². The van der Waals surface area contributed by atoms with Crippen molar-refractivity contribution in [2.45, 2.75) is 13.3 Å². The van der Waals surface area contributed by atoms with Crippen LogP contribution < -0.4 is 4.74 Å². The summed E-state index contributed by atoms with van der Waals surface area (Å²) in [5.74, 6) is 0.822. The summed E-state index contributed by atoms with van der Waals surface area (Å²) in [5.41, 5.74) is 5.41. The van der Waals surface area contributed by atoms with E-state index in [0.29, 0.717) is 10.1 Å². The predicted molar refractivity (Wildman–Crippen MR) is 98.6 cm³/mol. The number of aryl methyl sites for hydroxylation is 1. The molecule has 23 heavy (non-hydrogen) atoms. The Kier molecular flexibility index (Phi) is 4.79. The van der Waals surface area contributed by atoms with Crippen LogP contribution >= 0.6 is 23.2 Å². The number of ether oxygens (including phenoxy) is 1. The smallest absolute Gasteiger partial charge is 0.118 e. The topological polar surface area (TPSA) is 9.23 Å². The quantitative estimate of drug-likeness (QED) is 0.643. The molecule has 0 aromatic heterocycles. The van der Waals surface area contributed by atoms with E-state index in [1.165, 1.54) is 5.56 Å². The molecule has 0 aliphatic heterocycles. The molecule has 1 aliphatic carbocycles. The van der Waals surface area contributed by atoms with Crippen LogP contribution in [-0.4, -0.2) is 7.11 Å². The van der Waals surface area contributed by atoms with Crippen LogP contribution in [0.25, 0.3) is 11.1 Å². The van der Waals surface area contributed by atoms with Gasteiger partial charge in [-0.2, -0.15) is 0 Å². The van der Waals surface area contributed by atoms with Gasteiger partial charge in [-0.25, -0.2) is 0 Å². The first kappa shape index (κ1) is 16.2. The van der Waals surface area contributed by atoms with E-state index in [2.05, 4.69) is 37.6 Å². The average Bonchev–Trinajstić information content (AvgIpc) is 2.58. The lowest BCUT2D eigenvalue weighted by Gasteiger charge is -2.20. The van der Waals surface area contributed by atoms with E-state index in [-0.39, 0.29) is 0 Å². The van der Waals surface area contributed by atoms with Crippen LogP contribution in [0.1, 0.15) is 23.1 Å². The van der Waals surface area contributed by atoms with Gasteiger partial charge in [0.05, 0.1) is 17.2 Å². The van der Waals surface area contributed by atoms with Crippen LogP contribution in [0.3, 0.4) is 0 Å². The molecule has 0 spiro atoms. The molecule has 0 unspecified atom stereocenters. The Hall–Kier alpha value is -1.70. The molecule has 0 saturated carbocycles. The average molecular weight is 344 g/mol. The molecule has 0 bridgehead atoms. The van der Waals surface area contributed by atoms with Gasteiger partial charge in [0.25, 0.3) is 0 Å². The Morgan fingerprint density at radius 1 is 0.826 bits per heavy atom. The fourth-order valence-electron chi connectivity index (χ4n) is 2.65.